The second kappa shape index (κ2) is 4.64. The van der Waals surface area contributed by atoms with Gasteiger partial charge in [-0.3, -0.25) is 5.41 Å². The lowest BCUT2D eigenvalue weighted by Crippen LogP contribution is -2.27. The molecule has 1 aliphatic rings. The lowest BCUT2D eigenvalue weighted by molar-refractivity contribution is 0.362. The van der Waals surface area contributed by atoms with Crippen LogP contribution in [0.25, 0.3) is 0 Å². The molecule has 1 aromatic carbocycles. The molecule has 0 radical (unpaired) electrons. The number of hydrogen-bond donors (Lipinski definition) is 1. The number of benzene rings is 1. The number of rotatable bonds is 2. The highest BCUT2D eigenvalue weighted by Crippen LogP contribution is 2.31. The van der Waals surface area contributed by atoms with Gasteiger partial charge < -0.3 is 4.90 Å². The Bertz CT molecular complexity index is 417. The highest BCUT2D eigenvalue weighted by Gasteiger charge is 2.24. The van der Waals surface area contributed by atoms with Crippen LogP contribution in [-0.2, 0) is 0 Å². The van der Waals surface area contributed by atoms with Gasteiger partial charge >= 0.3 is 0 Å². The van der Waals surface area contributed by atoms with E-state index in [2.05, 4.69) is 11.8 Å². The maximum absolute atomic E-state index is 7.86. The Hall–Kier alpha value is -0.730. The van der Waals surface area contributed by atoms with E-state index in [1.54, 1.807) is 6.07 Å². The summed E-state index contributed by atoms with van der Waals surface area (Å²) in [6.45, 7) is 3.02. The summed E-state index contributed by atoms with van der Waals surface area (Å²) in [5.74, 6) is 0.707. The largest absolute Gasteiger partial charge is 0.354 e. The molecule has 2 nitrogen and oxygen atoms in total. The molecule has 4 heteroatoms. The van der Waals surface area contributed by atoms with Gasteiger partial charge in [-0.2, -0.15) is 0 Å². The summed E-state index contributed by atoms with van der Waals surface area (Å²) in [4.78, 5) is 2.09. The minimum Gasteiger partial charge on any atom is -0.354 e. The minimum atomic E-state index is 0.153. The van der Waals surface area contributed by atoms with Crippen LogP contribution in [0.1, 0.15) is 31.4 Å². The van der Waals surface area contributed by atoms with Gasteiger partial charge in [-0.1, -0.05) is 29.3 Å². The van der Waals surface area contributed by atoms with Crippen LogP contribution in [0.4, 0.5) is 0 Å². The van der Waals surface area contributed by atoms with E-state index in [1.807, 2.05) is 12.1 Å². The van der Waals surface area contributed by atoms with Crippen molar-refractivity contribution >= 4 is 29.0 Å². The molecule has 0 aliphatic carbocycles. The fraction of sp³-hybridized carbons (Fsp3) is 0.417. The molecular formula is C12H14Cl2N2. The quantitative estimate of drug-likeness (QED) is 0.847. The van der Waals surface area contributed by atoms with Crippen molar-refractivity contribution in [2.24, 2.45) is 0 Å². The zero-order valence-corrected chi connectivity index (χ0v) is 10.6. The molecule has 2 rings (SSSR count). The SMILES string of the molecule is CC(c1ccc(Cl)cc1Cl)N1CCCC1=N. The first-order valence-corrected chi connectivity index (χ1v) is 6.14. The van der Waals surface area contributed by atoms with E-state index in [1.165, 1.54) is 0 Å². The molecule has 1 N–H and O–H groups in total. The number of amidine groups is 1. The molecule has 1 heterocycles. The normalized spacial score (nSPS) is 17.9. The molecule has 0 spiro atoms. The van der Waals surface area contributed by atoms with Crippen molar-refractivity contribution in [3.8, 4) is 0 Å². The lowest BCUT2D eigenvalue weighted by atomic mass is 10.1. The van der Waals surface area contributed by atoms with Gasteiger partial charge in [0.05, 0.1) is 11.9 Å². The predicted molar refractivity (Wildman–Crippen MR) is 68.5 cm³/mol. The zero-order valence-electron chi connectivity index (χ0n) is 9.13. The van der Waals surface area contributed by atoms with E-state index >= 15 is 0 Å². The Balaban J connectivity index is 2.26. The third-order valence-electron chi connectivity index (χ3n) is 3.04. The molecule has 1 saturated heterocycles. The van der Waals surface area contributed by atoms with E-state index in [0.29, 0.717) is 15.9 Å². The van der Waals surface area contributed by atoms with Crippen LogP contribution in [-0.4, -0.2) is 17.3 Å². The first-order valence-electron chi connectivity index (χ1n) is 5.38. The molecule has 1 atom stereocenters. The Kier molecular flexibility index (Phi) is 3.41. The maximum Gasteiger partial charge on any atom is 0.0963 e. The number of hydrogen-bond acceptors (Lipinski definition) is 1. The lowest BCUT2D eigenvalue weighted by Gasteiger charge is -2.27. The van der Waals surface area contributed by atoms with Crippen molar-refractivity contribution in [2.45, 2.75) is 25.8 Å². The van der Waals surface area contributed by atoms with Gasteiger partial charge in [0.25, 0.3) is 0 Å². The highest BCUT2D eigenvalue weighted by atomic mass is 35.5. The van der Waals surface area contributed by atoms with E-state index in [4.69, 9.17) is 28.6 Å². The second-order valence-electron chi connectivity index (χ2n) is 4.09. The van der Waals surface area contributed by atoms with Crippen LogP contribution in [0, 0.1) is 5.41 Å². The summed E-state index contributed by atoms with van der Waals surface area (Å²) < 4.78 is 0. The number of nitrogens with one attached hydrogen (secondary N) is 1. The molecule has 1 aromatic rings. The van der Waals surface area contributed by atoms with Crippen LogP contribution in [0.2, 0.25) is 10.0 Å². The summed E-state index contributed by atoms with van der Waals surface area (Å²) >= 11 is 12.0. The Morgan fingerprint density at radius 1 is 1.38 bits per heavy atom. The first kappa shape index (κ1) is 11.7. The molecule has 0 amide bonds. The third kappa shape index (κ3) is 2.18. The van der Waals surface area contributed by atoms with E-state index in [-0.39, 0.29) is 6.04 Å². The molecule has 0 aromatic heterocycles. The maximum atomic E-state index is 7.86. The van der Waals surface area contributed by atoms with E-state index in [9.17, 15) is 0 Å². The van der Waals surface area contributed by atoms with Crippen molar-refractivity contribution in [1.29, 1.82) is 5.41 Å². The predicted octanol–water partition coefficient (Wildman–Crippen LogP) is 4.13. The molecule has 1 unspecified atom stereocenters. The molecule has 1 fully saturated rings. The van der Waals surface area contributed by atoms with Gasteiger partial charge in [0, 0.05) is 23.0 Å². The van der Waals surface area contributed by atoms with Gasteiger partial charge in [0.1, 0.15) is 0 Å². The summed E-state index contributed by atoms with van der Waals surface area (Å²) in [6, 6.07) is 5.70. The van der Waals surface area contributed by atoms with Crippen LogP contribution in [0.15, 0.2) is 18.2 Å². The van der Waals surface area contributed by atoms with E-state index in [0.717, 1.165) is 24.9 Å². The highest BCUT2D eigenvalue weighted by molar-refractivity contribution is 6.35. The zero-order chi connectivity index (χ0) is 11.7. The number of likely N-dealkylation sites (tertiary alicyclic amines) is 1. The topological polar surface area (TPSA) is 27.1 Å². The van der Waals surface area contributed by atoms with Crippen LogP contribution in [0.5, 0.6) is 0 Å². The average Bonchev–Trinajstić information content (AvgIpc) is 2.63. The van der Waals surface area contributed by atoms with Crippen molar-refractivity contribution < 1.29 is 0 Å². The minimum absolute atomic E-state index is 0.153. The van der Waals surface area contributed by atoms with Crippen LogP contribution in [0.3, 0.4) is 0 Å². The van der Waals surface area contributed by atoms with Crippen LogP contribution >= 0.6 is 23.2 Å². The number of halogens is 2. The smallest absolute Gasteiger partial charge is 0.0963 e. The summed E-state index contributed by atoms with van der Waals surface area (Å²) in [5, 5.41) is 9.19. The first-order chi connectivity index (χ1) is 7.59. The molecule has 16 heavy (non-hydrogen) atoms. The molecule has 1 aliphatic heterocycles. The van der Waals surface area contributed by atoms with Crippen molar-refractivity contribution in [1.82, 2.24) is 4.90 Å². The monoisotopic (exact) mass is 256 g/mol. The van der Waals surface area contributed by atoms with Gasteiger partial charge in [-0.15, -0.1) is 0 Å². The molecular weight excluding hydrogens is 243 g/mol. The Labute approximate surface area is 106 Å². The molecule has 0 saturated carbocycles. The number of nitrogens with zero attached hydrogens (tertiary/aromatic N) is 1. The molecule has 0 bridgehead atoms. The second-order valence-corrected chi connectivity index (χ2v) is 4.93. The summed E-state index contributed by atoms with van der Waals surface area (Å²) in [7, 11) is 0. The van der Waals surface area contributed by atoms with Crippen molar-refractivity contribution in [3.05, 3.63) is 33.8 Å². The Morgan fingerprint density at radius 2 is 2.12 bits per heavy atom. The van der Waals surface area contributed by atoms with E-state index < -0.39 is 0 Å². The van der Waals surface area contributed by atoms with Gasteiger partial charge in [-0.25, -0.2) is 0 Å². The average molecular weight is 257 g/mol. The van der Waals surface area contributed by atoms with Gasteiger partial charge in [0.2, 0.25) is 0 Å². The van der Waals surface area contributed by atoms with Gasteiger partial charge in [0.15, 0.2) is 0 Å². The fourth-order valence-corrected chi connectivity index (χ4v) is 2.70. The third-order valence-corrected chi connectivity index (χ3v) is 3.60. The van der Waals surface area contributed by atoms with Gasteiger partial charge in [-0.05, 0) is 31.0 Å². The molecule has 86 valence electrons. The van der Waals surface area contributed by atoms with Crippen molar-refractivity contribution in [2.75, 3.05) is 6.54 Å². The summed E-state index contributed by atoms with van der Waals surface area (Å²) in [5.41, 5.74) is 1.04. The van der Waals surface area contributed by atoms with Crippen LogP contribution < -0.4 is 0 Å². The Morgan fingerprint density at radius 3 is 2.69 bits per heavy atom. The summed E-state index contributed by atoms with van der Waals surface area (Å²) in [6.07, 6.45) is 1.93. The van der Waals surface area contributed by atoms with Crippen molar-refractivity contribution in [3.63, 3.8) is 0 Å². The standard InChI is InChI=1S/C12H14Cl2N2/c1-8(16-6-2-3-12(16)15)10-5-4-9(13)7-11(10)14/h4-5,7-8,15H,2-3,6H2,1H3. The fourth-order valence-electron chi connectivity index (χ4n) is 2.13.